The van der Waals surface area contributed by atoms with Crippen LogP contribution in [0.2, 0.25) is 0 Å². The summed E-state index contributed by atoms with van der Waals surface area (Å²) in [5, 5.41) is 9.55. The second-order valence-electron chi connectivity index (χ2n) is 7.15. The van der Waals surface area contributed by atoms with E-state index in [0.717, 1.165) is 48.2 Å². The fraction of sp³-hybridized carbons (Fsp3) is 0.550. The molecule has 7 heteroatoms. The van der Waals surface area contributed by atoms with Crippen LogP contribution in [0, 0.1) is 0 Å². The van der Waals surface area contributed by atoms with Crippen molar-refractivity contribution < 1.29 is 9.21 Å². The highest BCUT2D eigenvalue weighted by atomic mass is 32.2. The van der Waals surface area contributed by atoms with Gasteiger partial charge in [0.2, 0.25) is 5.91 Å². The SMILES string of the molecule is CCn1c(SCC(=O)N(Cc2ccco2)C2=CCCCC2)nnc1C1CC1. The van der Waals surface area contributed by atoms with Crippen LogP contribution in [0.15, 0.2) is 39.7 Å². The van der Waals surface area contributed by atoms with Crippen molar-refractivity contribution in [1.82, 2.24) is 19.7 Å². The van der Waals surface area contributed by atoms with Crippen molar-refractivity contribution in [2.45, 2.75) is 69.6 Å². The zero-order valence-electron chi connectivity index (χ0n) is 15.8. The molecular formula is C20H26N4O2S. The van der Waals surface area contributed by atoms with Crippen molar-refractivity contribution in [2.75, 3.05) is 5.75 Å². The summed E-state index contributed by atoms with van der Waals surface area (Å²) in [4.78, 5) is 14.9. The van der Waals surface area contributed by atoms with Gasteiger partial charge in [-0.25, -0.2) is 0 Å². The van der Waals surface area contributed by atoms with E-state index < -0.39 is 0 Å². The van der Waals surface area contributed by atoms with E-state index in [1.807, 2.05) is 17.0 Å². The summed E-state index contributed by atoms with van der Waals surface area (Å²) >= 11 is 1.49. The van der Waals surface area contributed by atoms with Crippen LogP contribution in [0.4, 0.5) is 0 Å². The number of nitrogens with zero attached hydrogens (tertiary/aromatic N) is 4. The summed E-state index contributed by atoms with van der Waals surface area (Å²) in [6.45, 7) is 3.44. The first-order valence-corrected chi connectivity index (χ1v) is 10.8. The molecule has 2 aromatic rings. The Hall–Kier alpha value is -2.02. The third kappa shape index (κ3) is 4.29. The summed E-state index contributed by atoms with van der Waals surface area (Å²) in [7, 11) is 0. The molecule has 2 heterocycles. The third-order valence-electron chi connectivity index (χ3n) is 5.14. The van der Waals surface area contributed by atoms with Gasteiger partial charge in [-0.2, -0.15) is 0 Å². The number of thioether (sulfide) groups is 1. The number of carbonyl (C=O) groups is 1. The largest absolute Gasteiger partial charge is 0.467 e. The zero-order valence-corrected chi connectivity index (χ0v) is 16.6. The Morgan fingerprint density at radius 2 is 2.26 bits per heavy atom. The molecule has 0 bridgehead atoms. The van der Waals surface area contributed by atoms with E-state index in [-0.39, 0.29) is 5.91 Å². The molecule has 0 spiro atoms. The topological polar surface area (TPSA) is 64.2 Å². The van der Waals surface area contributed by atoms with Crippen LogP contribution in [-0.4, -0.2) is 31.3 Å². The molecule has 0 atom stereocenters. The normalized spacial score (nSPS) is 17.0. The minimum absolute atomic E-state index is 0.100. The van der Waals surface area contributed by atoms with Gasteiger partial charge in [-0.1, -0.05) is 17.8 Å². The van der Waals surface area contributed by atoms with Crippen molar-refractivity contribution in [3.63, 3.8) is 0 Å². The van der Waals surface area contributed by atoms with Crippen molar-refractivity contribution in [3.05, 3.63) is 41.8 Å². The van der Waals surface area contributed by atoms with Crippen LogP contribution in [-0.2, 0) is 17.9 Å². The maximum absolute atomic E-state index is 13.1. The first-order chi connectivity index (χ1) is 13.3. The van der Waals surface area contributed by atoms with Gasteiger partial charge in [-0.15, -0.1) is 10.2 Å². The monoisotopic (exact) mass is 386 g/mol. The number of aromatic nitrogens is 3. The molecule has 0 radical (unpaired) electrons. The molecule has 0 N–H and O–H groups in total. The standard InChI is InChI=1S/C20H26N4O2S/c1-2-23-19(15-10-11-15)21-22-20(23)27-14-18(25)24(13-17-9-6-12-26-17)16-7-4-3-5-8-16/h6-7,9,12,15H,2-5,8,10-11,13-14H2,1H3. The van der Waals surface area contributed by atoms with Crippen LogP contribution < -0.4 is 0 Å². The smallest absolute Gasteiger partial charge is 0.237 e. The maximum atomic E-state index is 13.1. The summed E-state index contributed by atoms with van der Waals surface area (Å²) in [5.41, 5.74) is 1.12. The lowest BCUT2D eigenvalue weighted by Gasteiger charge is -2.27. The lowest BCUT2D eigenvalue weighted by atomic mass is 10.0. The predicted molar refractivity (Wildman–Crippen MR) is 104 cm³/mol. The number of hydrogen-bond acceptors (Lipinski definition) is 5. The molecule has 1 fully saturated rings. The predicted octanol–water partition coefficient (Wildman–Crippen LogP) is 4.35. The molecule has 1 amide bonds. The number of carbonyl (C=O) groups excluding carboxylic acids is 1. The molecule has 27 heavy (non-hydrogen) atoms. The van der Waals surface area contributed by atoms with Gasteiger partial charge in [-0.3, -0.25) is 4.79 Å². The first-order valence-electron chi connectivity index (χ1n) is 9.84. The second-order valence-corrected chi connectivity index (χ2v) is 8.09. The Balaban J connectivity index is 1.46. The minimum atomic E-state index is 0.100. The molecule has 0 unspecified atom stereocenters. The average Bonchev–Trinajstić information content (AvgIpc) is 3.26. The lowest BCUT2D eigenvalue weighted by molar-refractivity contribution is -0.127. The van der Waals surface area contributed by atoms with Crippen molar-refractivity contribution in [3.8, 4) is 0 Å². The van der Waals surface area contributed by atoms with E-state index in [0.29, 0.717) is 18.2 Å². The highest BCUT2D eigenvalue weighted by molar-refractivity contribution is 7.99. The van der Waals surface area contributed by atoms with Crippen molar-refractivity contribution >= 4 is 17.7 Å². The highest BCUT2D eigenvalue weighted by Gasteiger charge is 2.30. The van der Waals surface area contributed by atoms with Gasteiger partial charge < -0.3 is 13.9 Å². The summed E-state index contributed by atoms with van der Waals surface area (Å²) in [5.74, 6) is 2.91. The van der Waals surface area contributed by atoms with Gasteiger partial charge in [-0.05, 0) is 57.6 Å². The zero-order chi connectivity index (χ0) is 18.6. The van der Waals surface area contributed by atoms with Gasteiger partial charge in [0.15, 0.2) is 5.16 Å². The van der Waals surface area contributed by atoms with E-state index in [1.54, 1.807) is 6.26 Å². The molecule has 0 aliphatic heterocycles. The Kier molecular flexibility index (Phi) is 5.66. The first kappa shape index (κ1) is 18.3. The number of amides is 1. The number of furan rings is 1. The van der Waals surface area contributed by atoms with Gasteiger partial charge in [0, 0.05) is 18.2 Å². The van der Waals surface area contributed by atoms with E-state index in [2.05, 4.69) is 27.8 Å². The van der Waals surface area contributed by atoms with E-state index in [4.69, 9.17) is 4.42 Å². The summed E-state index contributed by atoms with van der Waals surface area (Å²) < 4.78 is 7.65. The van der Waals surface area contributed by atoms with Crippen LogP contribution in [0.25, 0.3) is 0 Å². The number of allylic oxidation sites excluding steroid dienone is 2. The molecular weight excluding hydrogens is 360 g/mol. The average molecular weight is 387 g/mol. The number of hydrogen-bond donors (Lipinski definition) is 0. The van der Waals surface area contributed by atoms with E-state index in [1.165, 1.54) is 31.0 Å². The molecule has 0 saturated heterocycles. The summed E-state index contributed by atoms with van der Waals surface area (Å²) in [6.07, 6.45) is 10.6. The molecule has 144 valence electrons. The van der Waals surface area contributed by atoms with Crippen molar-refractivity contribution in [2.24, 2.45) is 0 Å². The maximum Gasteiger partial charge on any atom is 0.237 e. The third-order valence-corrected chi connectivity index (χ3v) is 6.09. The minimum Gasteiger partial charge on any atom is -0.467 e. The molecule has 1 saturated carbocycles. The molecule has 4 rings (SSSR count). The van der Waals surface area contributed by atoms with E-state index >= 15 is 0 Å². The quantitative estimate of drug-likeness (QED) is 0.631. The molecule has 2 aliphatic rings. The van der Waals surface area contributed by atoms with Gasteiger partial charge in [0.05, 0.1) is 18.6 Å². The molecule has 0 aromatic carbocycles. The molecule has 2 aliphatic carbocycles. The highest BCUT2D eigenvalue weighted by Crippen LogP contribution is 2.40. The van der Waals surface area contributed by atoms with Crippen LogP contribution >= 0.6 is 11.8 Å². The van der Waals surface area contributed by atoms with E-state index in [9.17, 15) is 4.79 Å². The fourth-order valence-electron chi connectivity index (χ4n) is 3.53. The van der Waals surface area contributed by atoms with Gasteiger partial charge in [0.1, 0.15) is 11.6 Å². The number of rotatable bonds is 8. The van der Waals surface area contributed by atoms with Crippen LogP contribution in [0.5, 0.6) is 0 Å². The Bertz CT molecular complexity index is 808. The van der Waals surface area contributed by atoms with Crippen molar-refractivity contribution in [1.29, 1.82) is 0 Å². The fourth-order valence-corrected chi connectivity index (χ4v) is 4.41. The molecule has 6 nitrogen and oxygen atoms in total. The Labute approximate surface area is 164 Å². The second kappa shape index (κ2) is 8.33. The van der Waals surface area contributed by atoms with Gasteiger partial charge >= 0.3 is 0 Å². The lowest BCUT2D eigenvalue weighted by Crippen LogP contribution is -2.32. The summed E-state index contributed by atoms with van der Waals surface area (Å²) in [6, 6.07) is 3.79. The van der Waals surface area contributed by atoms with Crippen LogP contribution in [0.3, 0.4) is 0 Å². The van der Waals surface area contributed by atoms with Crippen LogP contribution in [0.1, 0.15) is 63.0 Å². The molecule has 2 aromatic heterocycles. The van der Waals surface area contributed by atoms with Gasteiger partial charge in [0.25, 0.3) is 0 Å². The Morgan fingerprint density at radius 3 is 2.93 bits per heavy atom. The Morgan fingerprint density at radius 1 is 1.37 bits per heavy atom.